The summed E-state index contributed by atoms with van der Waals surface area (Å²) < 4.78 is 64.0. The maximum Gasteiger partial charge on any atom is 0.213 e. The lowest BCUT2D eigenvalue weighted by molar-refractivity contribution is 0.0200. The van der Waals surface area contributed by atoms with Crippen LogP contribution >= 0.6 is 24.0 Å². The van der Waals surface area contributed by atoms with Crippen LogP contribution in [-0.2, 0) is 14.8 Å². The molecule has 1 atom stereocenters. The van der Waals surface area contributed by atoms with Gasteiger partial charge in [-0.3, -0.25) is 4.99 Å². The van der Waals surface area contributed by atoms with Crippen LogP contribution in [0.3, 0.4) is 0 Å². The summed E-state index contributed by atoms with van der Waals surface area (Å²) in [7, 11) is -3.45. The van der Waals surface area contributed by atoms with Gasteiger partial charge in [0.25, 0.3) is 0 Å². The highest BCUT2D eigenvalue weighted by Gasteiger charge is 2.17. The summed E-state index contributed by atoms with van der Waals surface area (Å²) in [5.41, 5.74) is 0. The summed E-state index contributed by atoms with van der Waals surface area (Å²) in [6, 6.07) is 3.09. The van der Waals surface area contributed by atoms with E-state index in [4.69, 9.17) is 9.47 Å². The van der Waals surface area contributed by atoms with Crippen LogP contribution in [0.5, 0.6) is 5.75 Å². The van der Waals surface area contributed by atoms with Gasteiger partial charge in [-0.2, -0.15) is 0 Å². The van der Waals surface area contributed by atoms with Gasteiger partial charge in [0.15, 0.2) is 17.5 Å². The molecule has 0 spiro atoms. The van der Waals surface area contributed by atoms with E-state index in [2.05, 4.69) is 20.3 Å². The number of halogens is 3. The predicted octanol–water partition coefficient (Wildman–Crippen LogP) is 2.01. The number of nitrogens with one attached hydrogen (secondary N) is 3. The molecule has 8 nitrogen and oxygen atoms in total. The number of guanidine groups is 1. The fraction of sp³-hybridized carbons (Fsp3) is 0.632. The van der Waals surface area contributed by atoms with E-state index >= 15 is 0 Å². The minimum absolute atomic E-state index is 0. The second kappa shape index (κ2) is 14.7. The van der Waals surface area contributed by atoms with Crippen molar-refractivity contribution in [1.29, 1.82) is 0 Å². The summed E-state index contributed by atoms with van der Waals surface area (Å²) >= 11 is 0. The third-order valence-corrected chi connectivity index (χ3v) is 5.65. The van der Waals surface area contributed by atoms with Gasteiger partial charge in [0, 0.05) is 25.8 Å². The van der Waals surface area contributed by atoms with E-state index in [0.29, 0.717) is 25.7 Å². The van der Waals surface area contributed by atoms with Crippen molar-refractivity contribution in [1.82, 2.24) is 15.4 Å². The Kier molecular flexibility index (Phi) is 13.2. The van der Waals surface area contributed by atoms with Crippen molar-refractivity contribution in [2.45, 2.75) is 32.3 Å². The van der Waals surface area contributed by atoms with Crippen molar-refractivity contribution in [3.05, 3.63) is 29.8 Å². The van der Waals surface area contributed by atoms with Gasteiger partial charge in [-0.15, -0.1) is 24.0 Å². The number of ether oxygens (including phenoxy) is 2. The molecule has 0 radical (unpaired) electrons. The average molecular weight is 576 g/mol. The molecule has 3 N–H and O–H groups in total. The highest BCUT2D eigenvalue weighted by atomic mass is 127. The Morgan fingerprint density at radius 3 is 2.77 bits per heavy atom. The van der Waals surface area contributed by atoms with Crippen molar-refractivity contribution >= 4 is 40.0 Å². The van der Waals surface area contributed by atoms with Crippen LogP contribution in [0.4, 0.5) is 8.78 Å². The molecule has 1 fully saturated rings. The third kappa shape index (κ3) is 11.3. The van der Waals surface area contributed by atoms with Crippen molar-refractivity contribution < 1.29 is 26.7 Å². The van der Waals surface area contributed by atoms with Gasteiger partial charge in [0.05, 0.1) is 24.9 Å². The quantitative estimate of drug-likeness (QED) is 0.161. The van der Waals surface area contributed by atoms with E-state index in [1.807, 2.05) is 6.92 Å². The molecule has 1 heterocycles. The van der Waals surface area contributed by atoms with Gasteiger partial charge in [0.1, 0.15) is 12.4 Å². The van der Waals surface area contributed by atoms with Crippen molar-refractivity contribution in [2.75, 3.05) is 45.1 Å². The molecular formula is C19H31F2IN4O4S. The summed E-state index contributed by atoms with van der Waals surface area (Å²) in [4.78, 5) is 4.23. The second-order valence-electron chi connectivity index (χ2n) is 6.77. The van der Waals surface area contributed by atoms with Crippen LogP contribution in [-0.4, -0.2) is 65.6 Å². The molecule has 0 amide bonds. The highest BCUT2D eigenvalue weighted by Crippen LogP contribution is 2.17. The van der Waals surface area contributed by atoms with Crippen molar-refractivity contribution in [2.24, 2.45) is 4.99 Å². The first-order valence-corrected chi connectivity index (χ1v) is 11.7. The van der Waals surface area contributed by atoms with Crippen LogP contribution < -0.4 is 20.1 Å². The molecule has 0 aliphatic carbocycles. The Hall–Kier alpha value is -1.25. The zero-order valence-electron chi connectivity index (χ0n) is 17.5. The Morgan fingerprint density at radius 1 is 1.29 bits per heavy atom. The molecule has 12 heteroatoms. The fourth-order valence-electron chi connectivity index (χ4n) is 2.80. The number of hydrogen-bond donors (Lipinski definition) is 3. The molecule has 1 unspecified atom stereocenters. The molecular weight excluding hydrogens is 545 g/mol. The number of rotatable bonds is 11. The molecule has 1 aromatic carbocycles. The lowest BCUT2D eigenvalue weighted by atomic mass is 10.1. The van der Waals surface area contributed by atoms with Gasteiger partial charge in [-0.25, -0.2) is 21.9 Å². The smallest absolute Gasteiger partial charge is 0.213 e. The molecule has 31 heavy (non-hydrogen) atoms. The maximum atomic E-state index is 13.5. The normalized spacial score (nSPS) is 17.0. The molecule has 178 valence electrons. The van der Waals surface area contributed by atoms with Gasteiger partial charge < -0.3 is 20.1 Å². The zero-order valence-corrected chi connectivity index (χ0v) is 20.7. The van der Waals surface area contributed by atoms with Crippen LogP contribution in [0.15, 0.2) is 23.2 Å². The molecule has 1 saturated heterocycles. The molecule has 0 saturated carbocycles. The van der Waals surface area contributed by atoms with Crippen LogP contribution in [0.25, 0.3) is 0 Å². The first-order chi connectivity index (χ1) is 14.4. The molecule has 1 aliphatic rings. The summed E-state index contributed by atoms with van der Waals surface area (Å²) in [6.07, 6.45) is 2.86. The van der Waals surface area contributed by atoms with E-state index in [0.717, 1.165) is 31.4 Å². The van der Waals surface area contributed by atoms with E-state index in [9.17, 15) is 17.2 Å². The third-order valence-electron chi connectivity index (χ3n) is 4.33. The van der Waals surface area contributed by atoms with Crippen LogP contribution in [0, 0.1) is 11.6 Å². The van der Waals surface area contributed by atoms with Gasteiger partial charge in [0.2, 0.25) is 10.0 Å². The summed E-state index contributed by atoms with van der Waals surface area (Å²) in [5, 5.41) is 5.97. The van der Waals surface area contributed by atoms with Crippen LogP contribution in [0.2, 0.25) is 0 Å². The first-order valence-electron chi connectivity index (χ1n) is 10.1. The van der Waals surface area contributed by atoms with E-state index in [-0.39, 0.29) is 61.3 Å². The minimum Gasteiger partial charge on any atom is -0.489 e. The maximum absolute atomic E-state index is 13.5. The average Bonchev–Trinajstić information content (AvgIpc) is 2.71. The monoisotopic (exact) mass is 576 g/mol. The molecule has 1 aromatic rings. The van der Waals surface area contributed by atoms with Crippen molar-refractivity contribution in [3.63, 3.8) is 0 Å². The molecule has 2 rings (SSSR count). The Labute approximate surface area is 199 Å². The number of hydrogen-bond acceptors (Lipinski definition) is 5. The molecule has 0 aromatic heterocycles. The lowest BCUT2D eigenvalue weighted by Gasteiger charge is -2.22. The molecule has 0 bridgehead atoms. The minimum atomic E-state index is -3.45. The summed E-state index contributed by atoms with van der Waals surface area (Å²) in [6.45, 7) is 3.91. The van der Waals surface area contributed by atoms with E-state index in [1.54, 1.807) is 0 Å². The van der Waals surface area contributed by atoms with Gasteiger partial charge >= 0.3 is 0 Å². The highest BCUT2D eigenvalue weighted by molar-refractivity contribution is 14.0. The zero-order chi connectivity index (χ0) is 21.8. The standard InChI is InChI=1S/C19H30F2N4O4S.HI/c1-2-22-19(23-8-11-29-18-7-6-15(20)13-17(18)21)24-9-12-30(26,27)25-14-16-5-3-4-10-28-16;/h6-7,13,16,25H,2-5,8-12,14H2,1H3,(H2,22,23,24);1H. The Morgan fingerprint density at radius 2 is 2.10 bits per heavy atom. The summed E-state index contributed by atoms with van der Waals surface area (Å²) in [5.74, 6) is -1.21. The SMILES string of the molecule is CCNC(=NCCS(=O)(=O)NCC1CCCCO1)NCCOc1ccc(F)cc1F.I. The Bertz CT molecular complexity index is 793. The fourth-order valence-corrected chi connectivity index (χ4v) is 3.72. The largest absolute Gasteiger partial charge is 0.489 e. The van der Waals surface area contributed by atoms with E-state index < -0.39 is 21.7 Å². The molecule has 1 aliphatic heterocycles. The Balaban J connectivity index is 0.00000480. The topological polar surface area (TPSA) is 101 Å². The van der Waals surface area contributed by atoms with Gasteiger partial charge in [-0.1, -0.05) is 0 Å². The predicted molar refractivity (Wildman–Crippen MR) is 127 cm³/mol. The van der Waals surface area contributed by atoms with Gasteiger partial charge in [-0.05, 0) is 38.3 Å². The second-order valence-corrected chi connectivity index (χ2v) is 8.69. The number of sulfonamides is 1. The number of nitrogens with zero attached hydrogens (tertiary/aromatic N) is 1. The number of aliphatic imine (C=N–C) groups is 1. The lowest BCUT2D eigenvalue weighted by Crippen LogP contribution is -2.40. The van der Waals surface area contributed by atoms with Crippen molar-refractivity contribution in [3.8, 4) is 5.75 Å². The van der Waals surface area contributed by atoms with E-state index in [1.165, 1.54) is 6.07 Å². The first kappa shape index (κ1) is 27.8. The number of benzene rings is 1. The van der Waals surface area contributed by atoms with Crippen LogP contribution in [0.1, 0.15) is 26.2 Å².